The highest BCUT2D eigenvalue weighted by atomic mass is 32.1. The van der Waals surface area contributed by atoms with Gasteiger partial charge in [-0.1, -0.05) is 47.5 Å². The summed E-state index contributed by atoms with van der Waals surface area (Å²) in [5, 5.41) is 47.7. The molecular weight excluding hydrogens is 1020 g/mol. The standard InChI is InChI=1S/C53H63F3N14O6S/c1-29(2)45(49(74)69-27-34(71)24-40(69)48(73)61-31(4)35-13-11-32(22-41(35)72)36-14-12-33(58)23-38(36)53(54,55)56)70-28-43(64-66-70)75-21-7-6-18-67-19-9-20-68(30(3)26-67)51-60-17-15-39(62-51)47-63-50(76-65-47)52(5)16-8-10-42-44(52)37(25-57)46(59)77-42/h11-15,17,22-23,28-31,34,40,45,71-72H,6-10,16,18-21,24,26-27,58-59H2,1-5H3,(H,61,73)/t30-,31-,34+,40-,45-,52-/m0/s1. The third kappa shape index (κ3) is 11.4. The van der Waals surface area contributed by atoms with Crippen LogP contribution in [0.15, 0.2) is 59.4 Å². The Labute approximate surface area is 447 Å². The molecule has 0 saturated carbocycles. The molecule has 0 unspecified atom stereocenters. The van der Waals surface area contributed by atoms with Crippen molar-refractivity contribution in [1.82, 2.24) is 50.2 Å². The van der Waals surface area contributed by atoms with Crippen LogP contribution in [0.3, 0.4) is 0 Å². The first-order valence-corrected chi connectivity index (χ1v) is 26.7. The van der Waals surface area contributed by atoms with Crippen molar-refractivity contribution < 1.29 is 42.2 Å². The average molecular weight is 1080 g/mol. The summed E-state index contributed by atoms with van der Waals surface area (Å²) >= 11 is 1.46. The van der Waals surface area contributed by atoms with Gasteiger partial charge in [-0.3, -0.25) is 9.59 Å². The number of amides is 2. The lowest BCUT2D eigenvalue weighted by Crippen LogP contribution is -2.49. The van der Waals surface area contributed by atoms with E-state index in [1.165, 1.54) is 51.3 Å². The first-order valence-electron chi connectivity index (χ1n) is 25.9. The number of rotatable bonds is 16. The van der Waals surface area contributed by atoms with Gasteiger partial charge < -0.3 is 51.0 Å². The van der Waals surface area contributed by atoms with Gasteiger partial charge in [-0.15, -0.1) is 11.3 Å². The van der Waals surface area contributed by atoms with E-state index in [9.17, 15) is 38.2 Å². The van der Waals surface area contributed by atoms with Gasteiger partial charge in [-0.2, -0.15) is 23.4 Å². The minimum Gasteiger partial charge on any atom is -0.508 e. The van der Waals surface area contributed by atoms with E-state index in [0.29, 0.717) is 40.5 Å². The smallest absolute Gasteiger partial charge is 0.417 e. The summed E-state index contributed by atoms with van der Waals surface area (Å²) in [6.07, 6.45) is 2.55. The number of nitrogens with zero attached hydrogens (tertiary/aromatic N) is 11. The van der Waals surface area contributed by atoms with E-state index >= 15 is 0 Å². The second-order valence-electron chi connectivity index (χ2n) is 20.8. The number of hydrogen-bond acceptors (Lipinski definition) is 18. The van der Waals surface area contributed by atoms with Crippen molar-refractivity contribution in [1.29, 1.82) is 5.26 Å². The fraction of sp³-hybridized carbons (Fsp3) is 0.491. The number of benzene rings is 2. The topological polar surface area (TPSA) is 277 Å². The first-order chi connectivity index (χ1) is 36.7. The summed E-state index contributed by atoms with van der Waals surface area (Å²) < 4.78 is 54.9. The minimum atomic E-state index is -4.69. The molecule has 20 nitrogen and oxygen atoms in total. The SMILES string of the molecule is CC(C)[C@@H](C(=O)N1C[C@H](O)C[C@H]1C(=O)N[C@@H](C)c1ccc(-c2ccc(N)cc2C(F)(F)F)cc1O)n1cc(OCCCCN2CCCN(c3nccc(-c4noc([C@@]5(C)CCCc6sc(N)c(C#N)c65)n4)n3)[C@@H](C)C2)nn1. The third-order valence-corrected chi connectivity index (χ3v) is 15.9. The molecule has 1 aliphatic carbocycles. The number of aliphatic hydroxyl groups is 1. The number of nitriles is 1. The molecule has 0 radical (unpaired) electrons. The van der Waals surface area contributed by atoms with Crippen LogP contribution in [0.2, 0.25) is 0 Å². The first kappa shape index (κ1) is 54.4. The Morgan fingerprint density at radius 3 is 2.64 bits per heavy atom. The highest BCUT2D eigenvalue weighted by Crippen LogP contribution is 2.49. The van der Waals surface area contributed by atoms with Gasteiger partial charge in [0.25, 0.3) is 5.88 Å². The number of thiophene rings is 1. The molecular formula is C53H63F3N14O6S. The Kier molecular flexibility index (Phi) is 15.8. The number of fused-ring (bicyclic) bond motifs is 1. The van der Waals surface area contributed by atoms with Crippen LogP contribution < -0.4 is 26.4 Å². The molecule has 408 valence electrons. The molecule has 9 rings (SSSR count). The summed E-state index contributed by atoms with van der Waals surface area (Å²) in [6.45, 7) is 13.0. The number of anilines is 3. The van der Waals surface area contributed by atoms with Crippen LogP contribution >= 0.6 is 11.3 Å². The van der Waals surface area contributed by atoms with Gasteiger partial charge in [-0.25, -0.2) is 14.6 Å². The number of aryl methyl sites for hydroxylation is 1. The van der Waals surface area contributed by atoms with Gasteiger partial charge in [0, 0.05) is 60.0 Å². The number of aromatic nitrogens is 7. The fourth-order valence-electron chi connectivity index (χ4n) is 11.0. The Morgan fingerprint density at radius 2 is 1.88 bits per heavy atom. The number of nitrogens with two attached hydrogens (primary N) is 2. The Balaban J connectivity index is 0.758. The molecule has 7 N–H and O–H groups in total. The molecule has 0 spiro atoms. The van der Waals surface area contributed by atoms with Crippen LogP contribution in [0.5, 0.6) is 11.6 Å². The quantitative estimate of drug-likeness (QED) is 0.0480. The highest BCUT2D eigenvalue weighted by molar-refractivity contribution is 7.16. The van der Waals surface area contributed by atoms with E-state index in [2.05, 4.69) is 48.6 Å². The summed E-state index contributed by atoms with van der Waals surface area (Å²) in [5.41, 5.74) is 12.3. The largest absolute Gasteiger partial charge is 0.508 e. The van der Waals surface area contributed by atoms with Crippen LogP contribution in [0, 0.1) is 17.2 Å². The van der Waals surface area contributed by atoms with E-state index in [1.807, 2.05) is 20.8 Å². The fourth-order valence-corrected chi connectivity index (χ4v) is 12.2. The molecule has 6 atom stereocenters. The van der Waals surface area contributed by atoms with Gasteiger partial charge in [-0.05, 0) is 114 Å². The second-order valence-corrected chi connectivity index (χ2v) is 21.9. The second kappa shape index (κ2) is 22.3. The summed E-state index contributed by atoms with van der Waals surface area (Å²) in [7, 11) is 0. The van der Waals surface area contributed by atoms with Gasteiger partial charge in [0.15, 0.2) is 0 Å². The minimum absolute atomic E-state index is 0.0367. The number of phenols is 1. The van der Waals surface area contributed by atoms with Crippen molar-refractivity contribution in [2.75, 3.05) is 55.7 Å². The van der Waals surface area contributed by atoms with E-state index < -0.39 is 53.2 Å². The molecule has 24 heteroatoms. The molecule has 2 aliphatic heterocycles. The zero-order valence-electron chi connectivity index (χ0n) is 43.5. The number of nitrogens with one attached hydrogen (secondary N) is 1. The Bertz CT molecular complexity index is 3160. The molecule has 6 aromatic rings. The molecule has 77 heavy (non-hydrogen) atoms. The summed E-state index contributed by atoms with van der Waals surface area (Å²) in [5.74, 6) is -0.0785. The number of unbranched alkanes of at least 4 members (excludes halogenated alkanes) is 1. The molecule has 2 fully saturated rings. The van der Waals surface area contributed by atoms with Gasteiger partial charge >= 0.3 is 6.18 Å². The van der Waals surface area contributed by atoms with Crippen LogP contribution in [-0.2, 0) is 27.6 Å². The third-order valence-electron chi connectivity index (χ3n) is 14.9. The highest BCUT2D eigenvalue weighted by Gasteiger charge is 2.45. The lowest BCUT2D eigenvalue weighted by atomic mass is 9.72. The monoisotopic (exact) mass is 1080 g/mol. The Hall–Kier alpha value is -7.36. The van der Waals surface area contributed by atoms with Crippen molar-refractivity contribution in [2.24, 2.45) is 5.92 Å². The summed E-state index contributed by atoms with van der Waals surface area (Å²) in [4.78, 5) is 49.5. The van der Waals surface area contributed by atoms with Crippen LogP contribution in [-0.4, -0.2) is 124 Å². The molecule has 2 saturated heterocycles. The predicted octanol–water partition coefficient (Wildman–Crippen LogP) is 7.05. The number of likely N-dealkylation sites (tertiary alicyclic amines) is 1. The number of alkyl halides is 3. The van der Waals surface area contributed by atoms with E-state index in [1.54, 1.807) is 25.4 Å². The van der Waals surface area contributed by atoms with Gasteiger partial charge in [0.1, 0.15) is 34.6 Å². The van der Waals surface area contributed by atoms with Gasteiger partial charge in [0.05, 0.1) is 41.5 Å². The predicted molar refractivity (Wildman–Crippen MR) is 280 cm³/mol. The average Bonchev–Trinajstić information content (AvgIpc) is 4.20. The normalized spacial score (nSPS) is 20.9. The number of carbonyl (C=O) groups excluding carboxylic acids is 2. The number of carbonyl (C=O) groups is 2. The number of ether oxygens (including phenoxy) is 1. The van der Waals surface area contributed by atoms with Crippen molar-refractivity contribution in [3.63, 3.8) is 0 Å². The Morgan fingerprint density at radius 1 is 1.08 bits per heavy atom. The number of phenolic OH excluding ortho intramolecular Hbond substituents is 1. The molecule has 4 aromatic heterocycles. The van der Waals surface area contributed by atoms with Gasteiger partial charge in [0.2, 0.25) is 29.5 Å². The molecule has 2 amide bonds. The van der Waals surface area contributed by atoms with Crippen molar-refractivity contribution in [3.05, 3.63) is 87.9 Å². The maximum absolute atomic E-state index is 14.3. The lowest BCUT2D eigenvalue weighted by molar-refractivity contribution is -0.142. The van der Waals surface area contributed by atoms with Crippen molar-refractivity contribution in [3.8, 4) is 40.3 Å². The molecule has 6 heterocycles. The van der Waals surface area contributed by atoms with Crippen molar-refractivity contribution >= 4 is 39.8 Å². The van der Waals surface area contributed by atoms with E-state index in [4.69, 9.17) is 30.7 Å². The molecule has 3 aliphatic rings. The number of halogens is 3. The van der Waals surface area contributed by atoms with Crippen LogP contribution in [0.4, 0.5) is 29.8 Å². The number of aliphatic hydroxyl groups excluding tert-OH is 1. The summed E-state index contributed by atoms with van der Waals surface area (Å²) in [6, 6.07) is 8.83. The number of nitrogen functional groups attached to an aromatic ring is 2. The number of hydrogen-bond donors (Lipinski definition) is 5. The van der Waals surface area contributed by atoms with Crippen molar-refractivity contribution in [2.45, 2.75) is 121 Å². The van der Waals surface area contributed by atoms with E-state index in [0.717, 1.165) is 81.2 Å². The van der Waals surface area contributed by atoms with E-state index in [-0.39, 0.29) is 58.9 Å². The maximum Gasteiger partial charge on any atom is 0.417 e. The number of β-amino-alcohol motifs (C(OH)–C–C–N with tert-alkyl or cyclic N) is 1. The molecule has 0 bridgehead atoms. The molecule has 2 aromatic carbocycles. The van der Waals surface area contributed by atoms with Crippen LogP contribution in [0.1, 0.15) is 118 Å². The number of aromatic hydroxyl groups is 1. The van der Waals surface area contributed by atoms with Crippen LogP contribution in [0.25, 0.3) is 22.6 Å². The zero-order valence-corrected chi connectivity index (χ0v) is 44.3. The zero-order chi connectivity index (χ0) is 54.9. The maximum atomic E-state index is 14.3. The lowest BCUT2D eigenvalue weighted by Gasteiger charge is -2.30.